The maximum absolute atomic E-state index is 7.06. The number of aryl methyl sites for hydroxylation is 1. The summed E-state index contributed by atoms with van der Waals surface area (Å²) in [5.41, 5.74) is -0.113. The molecule has 0 atom stereocenters. The van der Waals surface area contributed by atoms with Gasteiger partial charge in [-0.25, -0.2) is 0 Å². The van der Waals surface area contributed by atoms with E-state index in [0.717, 1.165) is 82.2 Å². The van der Waals surface area contributed by atoms with E-state index in [1.165, 1.54) is 64.2 Å². The Morgan fingerprint density at radius 1 is 0.608 bits per heavy atom. The zero-order valence-electron chi connectivity index (χ0n) is 35.0. The van der Waals surface area contributed by atoms with Gasteiger partial charge in [-0.1, -0.05) is 92.9 Å². The predicted octanol–water partition coefficient (Wildman–Crippen LogP) is 10.6. The maximum Gasteiger partial charge on any atom is 0.230 e. The molecule has 4 aliphatic rings. The Morgan fingerprint density at radius 3 is 1.49 bits per heavy atom. The summed E-state index contributed by atoms with van der Waals surface area (Å²) in [5.74, 6) is 2.55. The van der Waals surface area contributed by atoms with E-state index in [2.05, 4.69) is 91.0 Å². The lowest BCUT2D eigenvalue weighted by atomic mass is 9.60. The molecule has 1 saturated heterocycles. The fourth-order valence-electron chi connectivity index (χ4n) is 10.8. The first-order valence-corrected chi connectivity index (χ1v) is 21.4. The summed E-state index contributed by atoms with van der Waals surface area (Å²) in [6.45, 7) is 27.9. The summed E-state index contributed by atoms with van der Waals surface area (Å²) in [7, 11) is 0. The largest absolute Gasteiger partial charge is 0.374 e. The summed E-state index contributed by atoms with van der Waals surface area (Å²) in [4.78, 5) is 27.7. The van der Waals surface area contributed by atoms with Crippen LogP contribution in [0.25, 0.3) is 0 Å². The van der Waals surface area contributed by atoms with Crippen molar-refractivity contribution in [3.05, 3.63) is 5.82 Å². The van der Waals surface area contributed by atoms with Crippen LogP contribution in [0.3, 0.4) is 0 Å². The second kappa shape index (κ2) is 16.9. The molecule has 3 aliphatic carbocycles. The van der Waals surface area contributed by atoms with Crippen LogP contribution in [0, 0.1) is 17.8 Å². The van der Waals surface area contributed by atoms with Gasteiger partial charge >= 0.3 is 0 Å². The number of hydroxylamine groups is 2. The van der Waals surface area contributed by atoms with E-state index in [1.807, 2.05) is 0 Å². The van der Waals surface area contributed by atoms with Crippen LogP contribution in [0.2, 0.25) is 0 Å². The Bertz CT molecular complexity index is 1110. The monoisotopic (exact) mass is 711 g/mol. The number of rotatable bonds is 14. The highest BCUT2D eigenvalue weighted by molar-refractivity contribution is 5.42. The van der Waals surface area contributed by atoms with Crippen LogP contribution in [0.1, 0.15) is 191 Å². The lowest BCUT2D eigenvalue weighted by molar-refractivity contribution is -0.310. The number of ether oxygens (including phenoxy) is 1. The molecule has 5 rings (SSSR count). The Balaban J connectivity index is 1.42. The van der Waals surface area contributed by atoms with Gasteiger partial charge in [0.1, 0.15) is 5.82 Å². The number of piperidine rings is 1. The van der Waals surface area contributed by atoms with E-state index in [4.69, 9.17) is 24.5 Å². The van der Waals surface area contributed by atoms with Gasteiger partial charge in [0.2, 0.25) is 11.9 Å². The van der Waals surface area contributed by atoms with Crippen LogP contribution in [-0.4, -0.2) is 74.6 Å². The van der Waals surface area contributed by atoms with Crippen LogP contribution in [0.4, 0.5) is 11.9 Å². The fourth-order valence-corrected chi connectivity index (χ4v) is 10.8. The third-order valence-electron chi connectivity index (χ3n) is 12.8. The number of aromatic nitrogens is 3. The lowest BCUT2D eigenvalue weighted by Gasteiger charge is -2.56. The molecule has 51 heavy (non-hydrogen) atoms. The first-order valence-electron chi connectivity index (χ1n) is 21.4. The summed E-state index contributed by atoms with van der Waals surface area (Å²) in [6.07, 6.45) is 22.4. The van der Waals surface area contributed by atoms with Crippen molar-refractivity contribution in [2.75, 3.05) is 22.9 Å². The van der Waals surface area contributed by atoms with Crippen LogP contribution in [0.15, 0.2) is 0 Å². The van der Waals surface area contributed by atoms with E-state index in [-0.39, 0.29) is 28.0 Å². The van der Waals surface area contributed by atoms with Gasteiger partial charge < -0.3 is 14.5 Å². The molecule has 0 unspecified atom stereocenters. The molecule has 2 heterocycles. The third kappa shape index (κ3) is 9.98. The summed E-state index contributed by atoms with van der Waals surface area (Å²) in [5, 5.41) is 2.39. The molecule has 0 bridgehead atoms. The summed E-state index contributed by atoms with van der Waals surface area (Å²) in [6, 6.07) is 0.668. The van der Waals surface area contributed by atoms with Gasteiger partial charge in [0.05, 0.1) is 18.3 Å². The first-order chi connectivity index (χ1) is 24.1. The topological polar surface area (TPSA) is 66.9 Å². The molecule has 1 aromatic heterocycles. The van der Waals surface area contributed by atoms with Crippen LogP contribution in [-0.2, 0) is 9.57 Å². The molecule has 8 heteroatoms. The van der Waals surface area contributed by atoms with Gasteiger partial charge in [-0.2, -0.15) is 20.0 Å². The molecular weight excluding hydrogens is 633 g/mol. The second-order valence-electron chi connectivity index (χ2n) is 19.7. The Morgan fingerprint density at radius 2 is 1.04 bits per heavy atom. The minimum atomic E-state index is -0.109. The number of nitrogens with zero attached hydrogens (tertiary/aromatic N) is 6. The summed E-state index contributed by atoms with van der Waals surface area (Å²) >= 11 is 0. The first kappa shape index (κ1) is 40.7. The van der Waals surface area contributed by atoms with Crippen molar-refractivity contribution in [3.8, 4) is 0 Å². The molecule has 4 fully saturated rings. The van der Waals surface area contributed by atoms with Crippen molar-refractivity contribution in [2.45, 2.75) is 233 Å². The standard InChI is InChI=1S/C43H78N6O2/c1-12-14-26-47(33-28-40(4,5)37(41(6,7)29-33)50-35-22-18-16-19-23-35)38-44-32(3)45-39(46-38)48(27-15-13-2)34-30-42(8,9)49(43(10,11)31-34)51-36-24-20-17-21-25-36/h33-37H,12-31H2,1-11H3. The lowest BCUT2D eigenvalue weighted by Crippen LogP contribution is -2.65. The zero-order chi connectivity index (χ0) is 37.0. The van der Waals surface area contributed by atoms with Gasteiger partial charge in [-0.3, -0.25) is 4.84 Å². The molecule has 0 amide bonds. The zero-order valence-corrected chi connectivity index (χ0v) is 35.0. The van der Waals surface area contributed by atoms with E-state index < -0.39 is 0 Å². The average Bonchev–Trinajstić information content (AvgIpc) is 3.05. The smallest absolute Gasteiger partial charge is 0.230 e. The number of anilines is 2. The highest BCUT2D eigenvalue weighted by Gasteiger charge is 2.52. The van der Waals surface area contributed by atoms with Gasteiger partial charge in [-0.15, -0.1) is 0 Å². The Hall–Kier alpha value is -1.51. The molecule has 0 spiro atoms. The Labute approximate surface area is 313 Å². The highest BCUT2D eigenvalue weighted by Crippen LogP contribution is 2.51. The van der Waals surface area contributed by atoms with Crippen LogP contribution < -0.4 is 9.80 Å². The minimum Gasteiger partial charge on any atom is -0.374 e. The SMILES string of the molecule is CCCCN(c1nc(C)nc(N(CCCC)C2CC(C)(C)N(OC3CCCCC3)C(C)(C)C2)n1)C1CC(C)(C)C(OC2CCCCC2)C(C)(C)C1. The van der Waals surface area contributed by atoms with E-state index in [0.29, 0.717) is 24.3 Å². The van der Waals surface area contributed by atoms with Crippen molar-refractivity contribution in [1.29, 1.82) is 0 Å². The average molecular weight is 711 g/mol. The minimum absolute atomic E-state index is 0.0528. The molecule has 1 aromatic rings. The fraction of sp³-hybridized carbons (Fsp3) is 0.930. The van der Waals surface area contributed by atoms with E-state index in [1.54, 1.807) is 0 Å². The van der Waals surface area contributed by atoms with E-state index in [9.17, 15) is 0 Å². The van der Waals surface area contributed by atoms with Crippen LogP contribution in [0.5, 0.6) is 0 Å². The quantitative estimate of drug-likeness (QED) is 0.189. The number of unbranched alkanes of at least 4 members (excludes halogenated alkanes) is 2. The highest BCUT2D eigenvalue weighted by atomic mass is 16.7. The normalized spacial score (nSPS) is 27.4. The molecule has 1 aliphatic heterocycles. The van der Waals surface area contributed by atoms with Crippen molar-refractivity contribution in [3.63, 3.8) is 0 Å². The van der Waals surface area contributed by atoms with Gasteiger partial charge in [-0.05, 0) is 110 Å². The molecular formula is C43H78N6O2. The molecule has 8 nitrogen and oxygen atoms in total. The predicted molar refractivity (Wildman–Crippen MR) is 212 cm³/mol. The van der Waals surface area contributed by atoms with Crippen molar-refractivity contribution < 1.29 is 9.57 Å². The second-order valence-corrected chi connectivity index (χ2v) is 19.7. The van der Waals surface area contributed by atoms with Crippen molar-refractivity contribution in [2.24, 2.45) is 10.8 Å². The van der Waals surface area contributed by atoms with E-state index >= 15 is 0 Å². The molecule has 3 saturated carbocycles. The van der Waals surface area contributed by atoms with Gasteiger partial charge in [0.15, 0.2) is 0 Å². The van der Waals surface area contributed by atoms with Gasteiger partial charge in [0, 0.05) is 36.3 Å². The molecule has 0 radical (unpaired) electrons. The maximum atomic E-state index is 7.06. The van der Waals surface area contributed by atoms with Gasteiger partial charge in [0.25, 0.3) is 0 Å². The van der Waals surface area contributed by atoms with Crippen molar-refractivity contribution in [1.82, 2.24) is 20.0 Å². The molecule has 292 valence electrons. The summed E-state index contributed by atoms with van der Waals surface area (Å²) < 4.78 is 7.06. The molecule has 0 N–H and O–H groups in total. The van der Waals surface area contributed by atoms with Crippen LogP contribution >= 0.6 is 0 Å². The number of hydrogen-bond acceptors (Lipinski definition) is 8. The number of hydrogen-bond donors (Lipinski definition) is 0. The Kier molecular flexibility index (Phi) is 13.5. The third-order valence-corrected chi connectivity index (χ3v) is 12.8. The molecule has 0 aromatic carbocycles. The van der Waals surface area contributed by atoms with Crippen molar-refractivity contribution >= 4 is 11.9 Å².